The lowest BCUT2D eigenvalue weighted by molar-refractivity contribution is 0.0310. The molecule has 0 aliphatic carbocycles. The molecule has 1 rings (SSSR count). The molecule has 5 nitrogen and oxygen atoms in total. The second-order valence-corrected chi connectivity index (χ2v) is 7.17. The van der Waals surface area contributed by atoms with Crippen molar-refractivity contribution in [3.8, 4) is 0 Å². The minimum atomic E-state index is -0.216. The molecule has 0 bridgehead atoms. The number of nitrogens with one attached hydrogen (secondary N) is 2. The first-order valence-corrected chi connectivity index (χ1v) is 9.30. The van der Waals surface area contributed by atoms with Crippen LogP contribution in [0.25, 0.3) is 0 Å². The predicted molar refractivity (Wildman–Crippen MR) is 99.2 cm³/mol. The molecule has 1 atom stereocenters. The van der Waals surface area contributed by atoms with Crippen LogP contribution in [0.3, 0.4) is 0 Å². The lowest BCUT2D eigenvalue weighted by Gasteiger charge is -2.33. The highest BCUT2D eigenvalue weighted by molar-refractivity contribution is 5.79. The molecule has 0 aromatic carbocycles. The number of nitrogens with zero attached hydrogens (tertiary/aromatic N) is 2. The zero-order chi connectivity index (χ0) is 17.1. The Morgan fingerprint density at radius 3 is 2.70 bits per heavy atom. The Kier molecular flexibility index (Phi) is 9.56. The number of hydrogen-bond donors (Lipinski definition) is 2. The largest absolute Gasteiger partial charge is 0.377 e. The molecule has 1 aliphatic heterocycles. The molecule has 1 saturated heterocycles. The van der Waals surface area contributed by atoms with E-state index in [0.717, 1.165) is 25.1 Å². The summed E-state index contributed by atoms with van der Waals surface area (Å²) in [5.74, 6) is 0.893. The second kappa shape index (κ2) is 10.9. The minimum Gasteiger partial charge on any atom is -0.377 e. The van der Waals surface area contributed by atoms with E-state index in [0.29, 0.717) is 6.54 Å². The van der Waals surface area contributed by atoms with Crippen LogP contribution in [-0.4, -0.2) is 62.3 Å². The van der Waals surface area contributed by atoms with Gasteiger partial charge in [0.1, 0.15) is 0 Å². The Balaban J connectivity index is 2.23. The van der Waals surface area contributed by atoms with E-state index >= 15 is 0 Å². The summed E-state index contributed by atoms with van der Waals surface area (Å²) < 4.78 is 5.42. The van der Waals surface area contributed by atoms with Gasteiger partial charge in [0.25, 0.3) is 0 Å². The van der Waals surface area contributed by atoms with Gasteiger partial charge in [0.2, 0.25) is 0 Å². The fourth-order valence-electron chi connectivity index (χ4n) is 2.81. The number of guanidine groups is 1. The molecule has 0 saturated carbocycles. The number of hydrogen-bond acceptors (Lipinski definition) is 3. The third-order valence-electron chi connectivity index (χ3n) is 4.62. The number of ether oxygens (including phenoxy) is 1. The highest BCUT2D eigenvalue weighted by Gasteiger charge is 2.17. The number of methoxy groups -OCH3 is 1. The van der Waals surface area contributed by atoms with Crippen LogP contribution in [0, 0.1) is 0 Å². The zero-order valence-corrected chi connectivity index (χ0v) is 16.0. The Labute approximate surface area is 143 Å². The van der Waals surface area contributed by atoms with E-state index < -0.39 is 0 Å². The summed E-state index contributed by atoms with van der Waals surface area (Å²) in [4.78, 5) is 7.26. The molecule has 1 fully saturated rings. The van der Waals surface area contributed by atoms with Gasteiger partial charge in [-0.25, -0.2) is 0 Å². The molecule has 0 radical (unpaired) electrons. The van der Waals surface area contributed by atoms with Gasteiger partial charge in [-0.05, 0) is 66.5 Å². The van der Waals surface area contributed by atoms with E-state index in [4.69, 9.17) is 4.74 Å². The second-order valence-electron chi connectivity index (χ2n) is 7.17. The van der Waals surface area contributed by atoms with Crippen molar-refractivity contribution in [2.24, 2.45) is 4.99 Å². The first kappa shape index (κ1) is 20.2. The summed E-state index contributed by atoms with van der Waals surface area (Å²) in [6, 6.07) is 0.770. The SMILES string of the molecule is CCNC(=NCC(C)(C)OC)NCCCCN1CCCCC1C. The van der Waals surface area contributed by atoms with E-state index in [1.807, 2.05) is 0 Å². The van der Waals surface area contributed by atoms with Crippen LogP contribution in [0.5, 0.6) is 0 Å². The molecular weight excluding hydrogens is 288 g/mol. The molecule has 1 heterocycles. The highest BCUT2D eigenvalue weighted by Crippen LogP contribution is 2.16. The minimum absolute atomic E-state index is 0.216. The van der Waals surface area contributed by atoms with E-state index in [9.17, 15) is 0 Å². The molecule has 5 heteroatoms. The number of aliphatic imine (C=N–C) groups is 1. The molecule has 0 amide bonds. The van der Waals surface area contributed by atoms with Crippen LogP contribution in [0.1, 0.15) is 59.8 Å². The fraction of sp³-hybridized carbons (Fsp3) is 0.944. The number of piperidine rings is 1. The van der Waals surface area contributed by atoms with Gasteiger partial charge in [-0.2, -0.15) is 0 Å². The van der Waals surface area contributed by atoms with Gasteiger partial charge >= 0.3 is 0 Å². The average molecular weight is 327 g/mol. The maximum atomic E-state index is 5.42. The van der Waals surface area contributed by atoms with Gasteiger partial charge in [-0.3, -0.25) is 4.99 Å². The average Bonchev–Trinajstić information content (AvgIpc) is 2.54. The van der Waals surface area contributed by atoms with Gasteiger partial charge in [-0.1, -0.05) is 6.42 Å². The Morgan fingerprint density at radius 2 is 2.04 bits per heavy atom. The van der Waals surface area contributed by atoms with E-state index in [1.54, 1.807) is 7.11 Å². The van der Waals surface area contributed by atoms with Crippen molar-refractivity contribution in [1.29, 1.82) is 0 Å². The topological polar surface area (TPSA) is 48.9 Å². The monoisotopic (exact) mass is 326 g/mol. The molecule has 0 aromatic rings. The van der Waals surface area contributed by atoms with Crippen molar-refractivity contribution < 1.29 is 4.74 Å². The smallest absolute Gasteiger partial charge is 0.191 e. The van der Waals surface area contributed by atoms with Gasteiger partial charge in [0.15, 0.2) is 5.96 Å². The lowest BCUT2D eigenvalue weighted by Crippen LogP contribution is -2.40. The normalized spacial score (nSPS) is 20.6. The van der Waals surface area contributed by atoms with Crippen LogP contribution < -0.4 is 10.6 Å². The van der Waals surface area contributed by atoms with Crippen molar-refractivity contribution in [2.75, 3.05) is 39.8 Å². The third kappa shape index (κ3) is 8.56. The van der Waals surface area contributed by atoms with Crippen molar-refractivity contribution in [1.82, 2.24) is 15.5 Å². The predicted octanol–water partition coefficient (Wildman–Crippen LogP) is 2.62. The van der Waals surface area contributed by atoms with Gasteiger partial charge in [0.05, 0.1) is 12.1 Å². The lowest BCUT2D eigenvalue weighted by atomic mass is 10.0. The third-order valence-corrected chi connectivity index (χ3v) is 4.62. The Bertz CT molecular complexity index is 344. The number of unbranched alkanes of at least 4 members (excludes halogenated alkanes) is 1. The molecule has 2 N–H and O–H groups in total. The summed E-state index contributed by atoms with van der Waals surface area (Å²) in [6.45, 7) is 13.6. The Morgan fingerprint density at radius 1 is 1.26 bits per heavy atom. The van der Waals surface area contributed by atoms with Crippen LogP contribution in [0.2, 0.25) is 0 Å². The molecule has 1 unspecified atom stereocenters. The van der Waals surface area contributed by atoms with Crippen LogP contribution in [-0.2, 0) is 4.74 Å². The van der Waals surface area contributed by atoms with E-state index in [1.165, 1.54) is 45.2 Å². The molecule has 1 aliphatic rings. The summed E-state index contributed by atoms with van der Waals surface area (Å²) in [5, 5.41) is 6.73. The molecular formula is C18H38N4O. The molecule has 0 aromatic heterocycles. The zero-order valence-electron chi connectivity index (χ0n) is 16.0. The number of likely N-dealkylation sites (tertiary alicyclic amines) is 1. The quantitative estimate of drug-likeness (QED) is 0.388. The van der Waals surface area contributed by atoms with Gasteiger partial charge < -0.3 is 20.3 Å². The molecule has 136 valence electrons. The fourth-order valence-corrected chi connectivity index (χ4v) is 2.81. The first-order valence-electron chi connectivity index (χ1n) is 9.30. The highest BCUT2D eigenvalue weighted by atomic mass is 16.5. The van der Waals surface area contributed by atoms with Crippen molar-refractivity contribution >= 4 is 5.96 Å². The van der Waals surface area contributed by atoms with Crippen LogP contribution in [0.4, 0.5) is 0 Å². The van der Waals surface area contributed by atoms with Gasteiger partial charge in [-0.15, -0.1) is 0 Å². The maximum absolute atomic E-state index is 5.42. The van der Waals surface area contributed by atoms with Crippen molar-refractivity contribution in [3.63, 3.8) is 0 Å². The Hall–Kier alpha value is -0.810. The first-order chi connectivity index (χ1) is 11.0. The number of rotatable bonds is 9. The summed E-state index contributed by atoms with van der Waals surface area (Å²) in [7, 11) is 1.73. The summed E-state index contributed by atoms with van der Waals surface area (Å²) in [6.07, 6.45) is 6.57. The van der Waals surface area contributed by atoms with Crippen molar-refractivity contribution in [3.05, 3.63) is 0 Å². The summed E-state index contributed by atoms with van der Waals surface area (Å²) >= 11 is 0. The van der Waals surface area contributed by atoms with Crippen molar-refractivity contribution in [2.45, 2.75) is 71.4 Å². The molecule has 0 spiro atoms. The van der Waals surface area contributed by atoms with E-state index in [2.05, 4.69) is 48.2 Å². The molecule has 23 heavy (non-hydrogen) atoms. The van der Waals surface area contributed by atoms with Crippen LogP contribution >= 0.6 is 0 Å². The van der Waals surface area contributed by atoms with E-state index in [-0.39, 0.29) is 5.60 Å². The summed E-state index contributed by atoms with van der Waals surface area (Å²) in [5.41, 5.74) is -0.216. The maximum Gasteiger partial charge on any atom is 0.191 e. The van der Waals surface area contributed by atoms with Gasteiger partial charge in [0, 0.05) is 26.2 Å². The van der Waals surface area contributed by atoms with Crippen LogP contribution in [0.15, 0.2) is 4.99 Å². The standard InChI is InChI=1S/C18H38N4O/c1-6-19-17(21-15-18(3,4)23-5)20-12-8-10-14-22-13-9-7-11-16(22)2/h16H,6-15H2,1-5H3,(H2,19,20,21).